The van der Waals surface area contributed by atoms with Crippen molar-refractivity contribution in [3.8, 4) is 0 Å². The van der Waals surface area contributed by atoms with Gasteiger partial charge in [0.1, 0.15) is 0 Å². The Morgan fingerprint density at radius 3 is 1.71 bits per heavy atom. The summed E-state index contributed by atoms with van der Waals surface area (Å²) in [6.45, 7) is 18.4. The van der Waals surface area contributed by atoms with Crippen LogP contribution in [-0.4, -0.2) is 28.7 Å². The first-order valence-electron chi connectivity index (χ1n) is 6.40. The normalized spacial score (nSPS) is 12.2. The van der Waals surface area contributed by atoms with E-state index in [1.54, 1.807) is 0 Å². The van der Waals surface area contributed by atoms with Crippen LogP contribution in [0.5, 0.6) is 0 Å². The molecule has 17 heavy (non-hydrogen) atoms. The minimum atomic E-state index is -1.45. The van der Waals surface area contributed by atoms with Gasteiger partial charge in [0.25, 0.3) is 0 Å². The molecule has 0 heterocycles. The van der Waals surface area contributed by atoms with Gasteiger partial charge in [-0.25, -0.2) is 4.79 Å². The Kier molecular flexibility index (Phi) is 5.88. The Bertz CT molecular complexity index is 290. The minimum absolute atomic E-state index is 0.105. The van der Waals surface area contributed by atoms with Crippen molar-refractivity contribution in [1.29, 1.82) is 0 Å². The van der Waals surface area contributed by atoms with Crippen LogP contribution in [0.2, 0.25) is 39.3 Å². The quantitative estimate of drug-likeness (QED) is 0.429. The molecule has 0 aromatic carbocycles. The summed E-state index contributed by atoms with van der Waals surface area (Å²) in [6, 6.07) is 0. The zero-order valence-corrected chi connectivity index (χ0v) is 14.7. The largest absolute Gasteiger partial charge is 0.462 e. The van der Waals surface area contributed by atoms with Crippen molar-refractivity contribution in [3.63, 3.8) is 0 Å². The third-order valence-corrected chi connectivity index (χ3v) is 10.9. The maximum atomic E-state index is 12.0. The van der Waals surface area contributed by atoms with Crippen molar-refractivity contribution >= 4 is 22.1 Å². The van der Waals surface area contributed by atoms with Crippen molar-refractivity contribution in [2.45, 2.75) is 59.6 Å². The molecule has 0 atom stereocenters. The highest BCUT2D eigenvalue weighted by molar-refractivity contribution is 7.05. The lowest BCUT2D eigenvalue weighted by Gasteiger charge is -2.33. The average Bonchev–Trinajstić information content (AvgIpc) is 2.09. The minimum Gasteiger partial charge on any atom is -0.462 e. The standard InChI is InChI=1S/C13H28O2Si2/c1-9-10-15-12(14)11(2)13(16(3,4)5)17(6,7)8/h9-10H2,1-8H3. The van der Waals surface area contributed by atoms with Gasteiger partial charge >= 0.3 is 5.97 Å². The number of esters is 1. The van der Waals surface area contributed by atoms with Crippen molar-refractivity contribution in [3.05, 3.63) is 10.4 Å². The van der Waals surface area contributed by atoms with Crippen molar-refractivity contribution in [2.75, 3.05) is 6.61 Å². The molecule has 0 radical (unpaired) electrons. The molecule has 0 aromatic rings. The van der Waals surface area contributed by atoms with E-state index >= 15 is 0 Å². The molecule has 0 bridgehead atoms. The molecular weight excluding hydrogens is 244 g/mol. The number of carbonyl (C=O) groups is 1. The molecule has 0 spiro atoms. The van der Waals surface area contributed by atoms with Gasteiger partial charge in [0.15, 0.2) is 0 Å². The molecule has 0 aliphatic carbocycles. The van der Waals surface area contributed by atoms with E-state index in [4.69, 9.17) is 4.74 Å². The molecule has 0 saturated heterocycles. The van der Waals surface area contributed by atoms with Gasteiger partial charge in [0.2, 0.25) is 0 Å². The van der Waals surface area contributed by atoms with Crippen LogP contribution < -0.4 is 0 Å². The highest BCUT2D eigenvalue weighted by Crippen LogP contribution is 2.28. The Labute approximate surface area is 108 Å². The molecule has 0 unspecified atom stereocenters. The van der Waals surface area contributed by atoms with Crippen molar-refractivity contribution < 1.29 is 9.53 Å². The molecular formula is C13H28O2Si2. The highest BCUT2D eigenvalue weighted by Gasteiger charge is 2.34. The molecule has 0 saturated carbocycles. The summed E-state index contributed by atoms with van der Waals surface area (Å²) in [6.07, 6.45) is 0.883. The molecule has 0 aromatic heterocycles. The second-order valence-corrected chi connectivity index (χ2v) is 17.1. The van der Waals surface area contributed by atoms with Gasteiger partial charge in [-0.1, -0.05) is 51.0 Å². The van der Waals surface area contributed by atoms with E-state index < -0.39 is 16.1 Å². The lowest BCUT2D eigenvalue weighted by molar-refractivity contribution is -0.139. The first-order chi connectivity index (χ1) is 7.51. The van der Waals surface area contributed by atoms with Crippen LogP contribution in [0.15, 0.2) is 10.4 Å². The van der Waals surface area contributed by atoms with E-state index in [9.17, 15) is 4.79 Å². The van der Waals surface area contributed by atoms with Gasteiger partial charge in [-0.3, -0.25) is 0 Å². The molecule has 0 amide bonds. The van der Waals surface area contributed by atoms with Crippen LogP contribution >= 0.6 is 0 Å². The van der Waals surface area contributed by atoms with Crippen LogP contribution in [0, 0.1) is 0 Å². The molecule has 0 aliphatic rings. The topological polar surface area (TPSA) is 26.3 Å². The van der Waals surface area contributed by atoms with Gasteiger partial charge in [0.05, 0.1) is 22.8 Å². The number of hydrogen-bond donors (Lipinski definition) is 0. The van der Waals surface area contributed by atoms with Crippen LogP contribution in [0.4, 0.5) is 0 Å². The maximum Gasteiger partial charge on any atom is 0.332 e. The number of rotatable bonds is 5. The predicted octanol–water partition coefficient (Wildman–Crippen LogP) is 4.01. The monoisotopic (exact) mass is 272 g/mol. The second-order valence-electron chi connectivity index (χ2n) is 6.64. The third kappa shape index (κ3) is 5.21. The summed E-state index contributed by atoms with van der Waals surface area (Å²) in [7, 11) is -2.89. The highest BCUT2D eigenvalue weighted by atomic mass is 28.4. The van der Waals surface area contributed by atoms with E-state index in [1.807, 2.05) is 13.8 Å². The lowest BCUT2D eigenvalue weighted by Crippen LogP contribution is -2.42. The van der Waals surface area contributed by atoms with E-state index in [1.165, 1.54) is 4.82 Å². The maximum absolute atomic E-state index is 12.0. The first kappa shape index (κ1) is 16.6. The van der Waals surface area contributed by atoms with Crippen LogP contribution in [0.1, 0.15) is 20.3 Å². The van der Waals surface area contributed by atoms with Gasteiger partial charge in [0, 0.05) is 5.57 Å². The molecule has 0 N–H and O–H groups in total. The van der Waals surface area contributed by atoms with E-state index in [0.717, 1.165) is 12.0 Å². The summed E-state index contributed by atoms with van der Waals surface area (Å²) in [5.74, 6) is -0.105. The molecule has 4 heteroatoms. The summed E-state index contributed by atoms with van der Waals surface area (Å²) in [4.78, 5) is 13.5. The SMILES string of the molecule is CCCOC(=O)C(C)=C([Si](C)(C)C)[Si](C)(C)C. The average molecular weight is 273 g/mol. The molecule has 0 rings (SSSR count). The van der Waals surface area contributed by atoms with Gasteiger partial charge in [-0.2, -0.15) is 0 Å². The Morgan fingerprint density at radius 1 is 1.00 bits per heavy atom. The smallest absolute Gasteiger partial charge is 0.332 e. The Morgan fingerprint density at radius 2 is 1.41 bits per heavy atom. The number of carbonyl (C=O) groups excluding carboxylic acids is 1. The number of ether oxygens (including phenoxy) is 1. The molecule has 0 aliphatic heterocycles. The van der Waals surface area contributed by atoms with Gasteiger partial charge in [-0.05, 0) is 13.3 Å². The Balaban J connectivity index is 5.35. The first-order valence-corrected chi connectivity index (χ1v) is 13.4. The zero-order chi connectivity index (χ0) is 13.9. The summed E-state index contributed by atoms with van der Waals surface area (Å²) in [5.41, 5.74) is 0.886. The summed E-state index contributed by atoms with van der Waals surface area (Å²) >= 11 is 0. The van der Waals surface area contributed by atoms with Crippen molar-refractivity contribution in [2.24, 2.45) is 0 Å². The Hall–Kier alpha value is -0.356. The van der Waals surface area contributed by atoms with Gasteiger partial charge < -0.3 is 4.74 Å². The summed E-state index contributed by atoms with van der Waals surface area (Å²) < 4.78 is 5.27. The fourth-order valence-corrected chi connectivity index (χ4v) is 14.1. The van der Waals surface area contributed by atoms with Crippen LogP contribution in [0.3, 0.4) is 0 Å². The molecule has 2 nitrogen and oxygen atoms in total. The fourth-order valence-electron chi connectivity index (χ4n) is 2.66. The van der Waals surface area contributed by atoms with E-state index in [-0.39, 0.29) is 5.97 Å². The third-order valence-electron chi connectivity index (χ3n) is 2.62. The van der Waals surface area contributed by atoms with Gasteiger partial charge in [-0.15, -0.1) is 0 Å². The fraction of sp³-hybridized carbons (Fsp3) is 0.769. The number of hydrogen-bond acceptors (Lipinski definition) is 2. The lowest BCUT2D eigenvalue weighted by atomic mass is 10.3. The van der Waals surface area contributed by atoms with Crippen LogP contribution in [0.25, 0.3) is 0 Å². The molecule has 0 fully saturated rings. The summed E-state index contributed by atoms with van der Waals surface area (Å²) in [5, 5.41) is 0. The molecule has 100 valence electrons. The van der Waals surface area contributed by atoms with E-state index in [2.05, 4.69) is 39.3 Å². The zero-order valence-electron chi connectivity index (χ0n) is 12.7. The van der Waals surface area contributed by atoms with E-state index in [0.29, 0.717) is 6.61 Å². The second kappa shape index (κ2) is 6.00. The predicted molar refractivity (Wildman–Crippen MR) is 80.6 cm³/mol. The van der Waals surface area contributed by atoms with Crippen molar-refractivity contribution in [1.82, 2.24) is 0 Å². The van der Waals surface area contributed by atoms with Crippen LogP contribution in [-0.2, 0) is 9.53 Å².